The summed E-state index contributed by atoms with van der Waals surface area (Å²) in [5.74, 6) is 0.860. The van der Waals surface area contributed by atoms with Crippen LogP contribution in [-0.2, 0) is 0 Å². The molecule has 1 aliphatic rings. The van der Waals surface area contributed by atoms with Gasteiger partial charge in [0.25, 0.3) is 0 Å². The Balaban J connectivity index is 1.92. The fourth-order valence-electron chi connectivity index (χ4n) is 2.81. The van der Waals surface area contributed by atoms with Crippen LogP contribution in [-0.4, -0.2) is 18.1 Å². The monoisotopic (exact) mass is 241 g/mol. The Hall–Kier alpha value is -1.77. The summed E-state index contributed by atoms with van der Waals surface area (Å²) in [5.41, 5.74) is 8.94. The van der Waals surface area contributed by atoms with Gasteiger partial charge in [0.2, 0.25) is 0 Å². The normalized spacial score (nSPS) is 15.9. The highest BCUT2D eigenvalue weighted by molar-refractivity contribution is 5.98. The lowest BCUT2D eigenvalue weighted by Crippen LogP contribution is -2.46. The van der Waals surface area contributed by atoms with E-state index in [9.17, 15) is 0 Å². The number of benzene rings is 1. The van der Waals surface area contributed by atoms with Gasteiger partial charge in [-0.15, -0.1) is 0 Å². The first kappa shape index (κ1) is 11.3. The minimum Gasteiger partial charge on any atom is -0.397 e. The first-order valence-corrected chi connectivity index (χ1v) is 6.67. The minimum absolute atomic E-state index is 0.764. The molecule has 1 fully saturated rings. The number of fused-ring (bicyclic) bond motifs is 1. The molecule has 0 bridgehead atoms. The van der Waals surface area contributed by atoms with Crippen LogP contribution in [0.25, 0.3) is 10.9 Å². The van der Waals surface area contributed by atoms with E-state index < -0.39 is 0 Å². The first-order chi connectivity index (χ1) is 8.79. The van der Waals surface area contributed by atoms with Crippen molar-refractivity contribution in [1.82, 2.24) is 4.98 Å². The van der Waals surface area contributed by atoms with Crippen molar-refractivity contribution in [2.45, 2.75) is 19.8 Å². The molecule has 3 nitrogen and oxygen atoms in total. The number of aromatic nitrogens is 1. The largest absolute Gasteiger partial charge is 0.397 e. The van der Waals surface area contributed by atoms with E-state index in [1.165, 1.54) is 37.0 Å². The highest BCUT2D eigenvalue weighted by Crippen LogP contribution is 2.34. The molecule has 1 aliphatic heterocycles. The summed E-state index contributed by atoms with van der Waals surface area (Å²) < 4.78 is 0. The van der Waals surface area contributed by atoms with Gasteiger partial charge >= 0.3 is 0 Å². The molecule has 2 heterocycles. The van der Waals surface area contributed by atoms with Gasteiger partial charge in [-0.25, -0.2) is 0 Å². The third kappa shape index (κ3) is 1.80. The Bertz CT molecular complexity index is 559. The number of nitrogens with zero attached hydrogens (tertiary/aromatic N) is 2. The van der Waals surface area contributed by atoms with Gasteiger partial charge in [-0.3, -0.25) is 4.98 Å². The molecule has 0 amide bonds. The SMILES string of the molecule is CCCC1CN(c2ccc(N)c3ncccc23)C1. The van der Waals surface area contributed by atoms with E-state index in [4.69, 9.17) is 5.73 Å². The smallest absolute Gasteiger partial charge is 0.0951 e. The van der Waals surface area contributed by atoms with Crippen LogP contribution in [0.2, 0.25) is 0 Å². The molecule has 1 aromatic heterocycles. The van der Waals surface area contributed by atoms with Crippen LogP contribution in [0, 0.1) is 5.92 Å². The number of hydrogen-bond acceptors (Lipinski definition) is 3. The maximum absolute atomic E-state index is 5.98. The molecule has 18 heavy (non-hydrogen) atoms. The molecule has 94 valence electrons. The summed E-state index contributed by atoms with van der Waals surface area (Å²) >= 11 is 0. The van der Waals surface area contributed by atoms with Crippen molar-refractivity contribution in [3.63, 3.8) is 0 Å². The maximum atomic E-state index is 5.98. The van der Waals surface area contributed by atoms with Crippen LogP contribution >= 0.6 is 0 Å². The lowest BCUT2D eigenvalue weighted by atomic mass is 9.93. The molecule has 2 aromatic rings. The quantitative estimate of drug-likeness (QED) is 0.840. The Morgan fingerprint density at radius 2 is 2.17 bits per heavy atom. The van der Waals surface area contributed by atoms with Crippen molar-refractivity contribution in [3.05, 3.63) is 30.5 Å². The zero-order valence-corrected chi connectivity index (χ0v) is 10.8. The molecule has 1 aromatic carbocycles. The van der Waals surface area contributed by atoms with Crippen molar-refractivity contribution < 1.29 is 0 Å². The van der Waals surface area contributed by atoms with Crippen molar-refractivity contribution in [1.29, 1.82) is 0 Å². The number of hydrogen-bond donors (Lipinski definition) is 1. The van der Waals surface area contributed by atoms with Crippen LogP contribution in [0.4, 0.5) is 11.4 Å². The van der Waals surface area contributed by atoms with Gasteiger partial charge < -0.3 is 10.6 Å². The zero-order chi connectivity index (χ0) is 12.5. The average molecular weight is 241 g/mol. The Labute approximate surface area is 108 Å². The van der Waals surface area contributed by atoms with Gasteiger partial charge in [0.05, 0.1) is 11.2 Å². The fraction of sp³-hybridized carbons (Fsp3) is 0.400. The topological polar surface area (TPSA) is 42.1 Å². The molecule has 0 radical (unpaired) electrons. The number of nitrogen functional groups attached to an aromatic ring is 1. The lowest BCUT2D eigenvalue weighted by molar-refractivity contribution is 0.381. The molecule has 2 N–H and O–H groups in total. The summed E-state index contributed by atoms with van der Waals surface area (Å²) in [6, 6.07) is 8.19. The molecule has 0 spiro atoms. The second kappa shape index (κ2) is 4.48. The standard InChI is InChI=1S/C15H19N3/c1-2-4-11-9-18(10-11)14-7-6-13(16)15-12(14)5-3-8-17-15/h3,5-8,11H,2,4,9-10,16H2,1H3. The molecule has 0 unspecified atom stereocenters. The van der Waals surface area contributed by atoms with Crippen LogP contribution in [0.1, 0.15) is 19.8 Å². The van der Waals surface area contributed by atoms with E-state index in [-0.39, 0.29) is 0 Å². The summed E-state index contributed by atoms with van der Waals surface area (Å²) in [6.07, 6.45) is 4.42. The third-order valence-electron chi connectivity index (χ3n) is 3.77. The molecule has 3 rings (SSSR count). The van der Waals surface area contributed by atoms with Crippen molar-refractivity contribution in [2.75, 3.05) is 23.7 Å². The van der Waals surface area contributed by atoms with Crippen LogP contribution in [0.15, 0.2) is 30.5 Å². The first-order valence-electron chi connectivity index (χ1n) is 6.67. The highest BCUT2D eigenvalue weighted by atomic mass is 15.2. The van der Waals surface area contributed by atoms with Crippen molar-refractivity contribution >= 4 is 22.3 Å². The van der Waals surface area contributed by atoms with Gasteiger partial charge in [-0.05, 0) is 36.6 Å². The molecular formula is C15H19N3. The van der Waals surface area contributed by atoms with E-state index >= 15 is 0 Å². The van der Waals surface area contributed by atoms with Crippen LogP contribution < -0.4 is 10.6 Å². The Morgan fingerprint density at radius 1 is 1.33 bits per heavy atom. The van der Waals surface area contributed by atoms with Crippen molar-refractivity contribution in [2.24, 2.45) is 5.92 Å². The summed E-state index contributed by atoms with van der Waals surface area (Å²) in [4.78, 5) is 6.82. The van der Waals surface area contributed by atoms with Crippen LogP contribution in [0.3, 0.4) is 0 Å². The number of rotatable bonds is 3. The predicted molar refractivity (Wildman–Crippen MR) is 76.8 cm³/mol. The Morgan fingerprint density at radius 3 is 2.94 bits per heavy atom. The molecular weight excluding hydrogens is 222 g/mol. The maximum Gasteiger partial charge on any atom is 0.0951 e. The fourth-order valence-corrected chi connectivity index (χ4v) is 2.81. The minimum atomic E-state index is 0.764. The highest BCUT2D eigenvalue weighted by Gasteiger charge is 2.27. The van der Waals surface area contributed by atoms with E-state index in [1.54, 1.807) is 6.20 Å². The number of nitrogens with two attached hydrogens (primary N) is 1. The molecule has 0 saturated carbocycles. The lowest BCUT2D eigenvalue weighted by Gasteiger charge is -2.41. The summed E-state index contributed by atoms with van der Waals surface area (Å²) in [7, 11) is 0. The number of anilines is 2. The summed E-state index contributed by atoms with van der Waals surface area (Å²) in [6.45, 7) is 4.59. The third-order valence-corrected chi connectivity index (χ3v) is 3.77. The zero-order valence-electron chi connectivity index (χ0n) is 10.8. The van der Waals surface area contributed by atoms with Crippen LogP contribution in [0.5, 0.6) is 0 Å². The van der Waals surface area contributed by atoms with Gasteiger partial charge in [0, 0.05) is 30.4 Å². The van der Waals surface area contributed by atoms with Gasteiger partial charge in [-0.2, -0.15) is 0 Å². The molecule has 3 heteroatoms. The second-order valence-corrected chi connectivity index (χ2v) is 5.13. The molecule has 0 aliphatic carbocycles. The summed E-state index contributed by atoms with van der Waals surface area (Å²) in [5, 5.41) is 1.17. The van der Waals surface area contributed by atoms with Gasteiger partial charge in [0.15, 0.2) is 0 Å². The van der Waals surface area contributed by atoms with Gasteiger partial charge in [-0.1, -0.05) is 13.3 Å². The van der Waals surface area contributed by atoms with E-state index in [2.05, 4.69) is 28.9 Å². The Kier molecular flexibility index (Phi) is 2.82. The average Bonchev–Trinajstić information content (AvgIpc) is 2.35. The van der Waals surface area contributed by atoms with E-state index in [0.717, 1.165) is 17.1 Å². The molecule has 0 atom stereocenters. The van der Waals surface area contributed by atoms with Crippen molar-refractivity contribution in [3.8, 4) is 0 Å². The molecule has 1 saturated heterocycles. The van der Waals surface area contributed by atoms with Gasteiger partial charge in [0.1, 0.15) is 0 Å². The predicted octanol–water partition coefficient (Wildman–Crippen LogP) is 3.05. The van der Waals surface area contributed by atoms with E-state index in [0.29, 0.717) is 0 Å². The number of pyridine rings is 1. The second-order valence-electron chi connectivity index (χ2n) is 5.13. The van der Waals surface area contributed by atoms with E-state index in [1.807, 2.05) is 12.1 Å².